The molecule has 0 amide bonds. The molecular formula is C21H24F2N6O3S. The summed E-state index contributed by atoms with van der Waals surface area (Å²) in [6.45, 7) is 4.07. The summed E-state index contributed by atoms with van der Waals surface area (Å²) in [6, 6.07) is 3.05. The molecule has 9 nitrogen and oxygen atoms in total. The Kier molecular flexibility index (Phi) is 7.17. The van der Waals surface area contributed by atoms with Crippen LogP contribution in [0.15, 0.2) is 30.6 Å². The molecule has 0 radical (unpaired) electrons. The van der Waals surface area contributed by atoms with Gasteiger partial charge in [0.2, 0.25) is 11.3 Å². The molecule has 0 bridgehead atoms. The van der Waals surface area contributed by atoms with E-state index in [1.165, 1.54) is 22.8 Å². The van der Waals surface area contributed by atoms with Crippen LogP contribution in [0.25, 0.3) is 5.69 Å². The van der Waals surface area contributed by atoms with E-state index in [0.717, 1.165) is 12.0 Å². The van der Waals surface area contributed by atoms with Crippen LogP contribution in [-0.4, -0.2) is 46.1 Å². The molecular weight excluding hydrogens is 454 g/mol. The van der Waals surface area contributed by atoms with E-state index in [1.54, 1.807) is 19.3 Å². The lowest BCUT2D eigenvalue weighted by Crippen LogP contribution is -2.35. The van der Waals surface area contributed by atoms with Crippen molar-refractivity contribution in [1.29, 1.82) is 0 Å². The Hall–Kier alpha value is -2.67. The minimum atomic E-state index is -2.29. The number of ether oxygens (including phenoxy) is 1. The normalized spacial score (nSPS) is 18.9. The van der Waals surface area contributed by atoms with Gasteiger partial charge in [0.25, 0.3) is 0 Å². The van der Waals surface area contributed by atoms with Crippen LogP contribution in [0.2, 0.25) is 0 Å². The molecule has 0 spiro atoms. The SMILES string of the molecule is Cc1cnc([C@H](Cc2nnc([C@H]3CCCO3)n2-c2c(F)cccc2F)[C@@H](C)NS(=O)O)nc1. The summed E-state index contributed by atoms with van der Waals surface area (Å²) < 4.78 is 60.0. The van der Waals surface area contributed by atoms with Crippen molar-refractivity contribution in [2.24, 2.45) is 0 Å². The zero-order chi connectivity index (χ0) is 23.5. The van der Waals surface area contributed by atoms with Crippen LogP contribution in [0.5, 0.6) is 0 Å². The fraction of sp³-hybridized carbons (Fsp3) is 0.429. The standard InChI is InChI=1S/C21H24F2N6O3S/c1-12-10-24-20(25-11-12)14(13(2)28-33(30)31)9-18-26-27-21(17-7-4-8-32-17)29(18)19-15(22)5-3-6-16(19)23/h3,5-6,10-11,13-14,17,28H,4,7-9H2,1-2H3,(H,30,31)/t13-,14-,17-/m1/s1. The maximum absolute atomic E-state index is 14.8. The Bertz CT molecular complexity index is 1120. The van der Waals surface area contributed by atoms with Gasteiger partial charge >= 0.3 is 0 Å². The maximum Gasteiger partial charge on any atom is 0.231 e. The molecule has 3 aromatic rings. The number of hydrogen-bond acceptors (Lipinski definition) is 6. The average molecular weight is 479 g/mol. The quantitative estimate of drug-likeness (QED) is 0.479. The highest BCUT2D eigenvalue weighted by Crippen LogP contribution is 2.33. The summed E-state index contributed by atoms with van der Waals surface area (Å²) in [5.41, 5.74) is 0.555. The molecule has 12 heteroatoms. The minimum Gasteiger partial charge on any atom is -0.370 e. The van der Waals surface area contributed by atoms with Crippen LogP contribution in [0, 0.1) is 18.6 Å². The first kappa shape index (κ1) is 23.5. The molecule has 1 aromatic carbocycles. The smallest absolute Gasteiger partial charge is 0.231 e. The topological polar surface area (TPSA) is 115 Å². The van der Waals surface area contributed by atoms with E-state index in [-0.39, 0.29) is 17.9 Å². The van der Waals surface area contributed by atoms with Gasteiger partial charge in [-0.15, -0.1) is 10.2 Å². The van der Waals surface area contributed by atoms with E-state index in [1.807, 2.05) is 6.92 Å². The van der Waals surface area contributed by atoms with Crippen molar-refractivity contribution in [3.05, 3.63) is 65.3 Å². The van der Waals surface area contributed by atoms with Gasteiger partial charge in [0, 0.05) is 37.4 Å². The molecule has 176 valence electrons. The molecule has 0 saturated carbocycles. The zero-order valence-electron chi connectivity index (χ0n) is 18.1. The van der Waals surface area contributed by atoms with Crippen LogP contribution in [0.4, 0.5) is 8.78 Å². The Labute approximate surface area is 192 Å². The summed E-state index contributed by atoms with van der Waals surface area (Å²) in [5, 5.41) is 8.46. The van der Waals surface area contributed by atoms with Gasteiger partial charge in [0.05, 0.1) is 0 Å². The summed E-state index contributed by atoms with van der Waals surface area (Å²) >= 11 is -2.29. The number of hydrogen-bond donors (Lipinski definition) is 2. The Morgan fingerprint density at radius 1 is 1.27 bits per heavy atom. The Morgan fingerprint density at radius 3 is 2.58 bits per heavy atom. The van der Waals surface area contributed by atoms with Crippen molar-refractivity contribution in [1.82, 2.24) is 29.5 Å². The van der Waals surface area contributed by atoms with E-state index in [2.05, 4.69) is 24.9 Å². The van der Waals surface area contributed by atoms with Gasteiger partial charge in [0.1, 0.15) is 35.1 Å². The molecule has 33 heavy (non-hydrogen) atoms. The first-order valence-electron chi connectivity index (χ1n) is 10.5. The summed E-state index contributed by atoms with van der Waals surface area (Å²) in [5.74, 6) is -1.11. The third-order valence-corrected chi connectivity index (χ3v) is 6.13. The van der Waals surface area contributed by atoms with E-state index >= 15 is 0 Å². The highest BCUT2D eigenvalue weighted by atomic mass is 32.2. The second-order valence-electron chi connectivity index (χ2n) is 7.97. The van der Waals surface area contributed by atoms with Crippen LogP contribution >= 0.6 is 0 Å². The molecule has 2 N–H and O–H groups in total. The van der Waals surface area contributed by atoms with Gasteiger partial charge in [-0.25, -0.2) is 27.7 Å². The first-order valence-corrected chi connectivity index (χ1v) is 11.6. The number of aryl methyl sites for hydroxylation is 1. The van der Waals surface area contributed by atoms with Gasteiger partial charge in [0.15, 0.2) is 5.82 Å². The summed E-state index contributed by atoms with van der Waals surface area (Å²) in [4.78, 5) is 8.73. The number of aromatic nitrogens is 5. The second-order valence-corrected chi connectivity index (χ2v) is 8.70. The lowest BCUT2D eigenvalue weighted by atomic mass is 9.96. The molecule has 1 aliphatic heterocycles. The summed E-state index contributed by atoms with van der Waals surface area (Å²) in [6.07, 6.45) is 4.38. The van der Waals surface area contributed by atoms with Crippen molar-refractivity contribution >= 4 is 11.3 Å². The van der Waals surface area contributed by atoms with Gasteiger partial charge < -0.3 is 4.74 Å². The van der Waals surface area contributed by atoms with Crippen molar-refractivity contribution in [3.63, 3.8) is 0 Å². The van der Waals surface area contributed by atoms with Crippen LogP contribution < -0.4 is 4.72 Å². The number of halogens is 2. The minimum absolute atomic E-state index is 0.0991. The first-order chi connectivity index (χ1) is 15.8. The number of rotatable bonds is 8. The van der Waals surface area contributed by atoms with Crippen molar-refractivity contribution < 1.29 is 22.3 Å². The Morgan fingerprint density at radius 2 is 1.97 bits per heavy atom. The van der Waals surface area contributed by atoms with Crippen molar-refractivity contribution in [2.45, 2.75) is 51.2 Å². The number of nitrogens with one attached hydrogen (secondary N) is 1. The third kappa shape index (κ3) is 5.13. The number of benzene rings is 1. The van der Waals surface area contributed by atoms with Crippen LogP contribution in [0.1, 0.15) is 54.8 Å². The molecule has 0 aliphatic carbocycles. The van der Waals surface area contributed by atoms with Crippen molar-refractivity contribution in [2.75, 3.05) is 6.61 Å². The third-order valence-electron chi connectivity index (χ3n) is 5.56. The highest BCUT2D eigenvalue weighted by Gasteiger charge is 2.32. The van der Waals surface area contributed by atoms with Crippen molar-refractivity contribution in [3.8, 4) is 5.69 Å². The number of nitrogens with zero attached hydrogens (tertiary/aromatic N) is 5. The molecule has 1 aliphatic rings. The fourth-order valence-corrected chi connectivity index (χ4v) is 4.40. The van der Waals surface area contributed by atoms with Gasteiger partial charge in [-0.1, -0.05) is 6.07 Å². The molecule has 4 rings (SSSR count). The predicted molar refractivity (Wildman–Crippen MR) is 116 cm³/mol. The monoisotopic (exact) mass is 478 g/mol. The molecule has 4 atom stereocenters. The van der Waals surface area contributed by atoms with E-state index in [9.17, 15) is 17.5 Å². The highest BCUT2D eigenvalue weighted by molar-refractivity contribution is 7.77. The molecule has 2 aromatic heterocycles. The fourth-order valence-electron chi connectivity index (χ4n) is 3.92. The molecule has 3 heterocycles. The zero-order valence-corrected chi connectivity index (χ0v) is 18.9. The van der Waals surface area contributed by atoms with Gasteiger partial charge in [-0.3, -0.25) is 9.12 Å². The van der Waals surface area contributed by atoms with Gasteiger partial charge in [-0.2, -0.15) is 0 Å². The summed E-state index contributed by atoms with van der Waals surface area (Å²) in [7, 11) is 0. The lowest BCUT2D eigenvalue weighted by Gasteiger charge is -2.23. The second kappa shape index (κ2) is 10.1. The van der Waals surface area contributed by atoms with Gasteiger partial charge in [-0.05, 0) is 44.4 Å². The van der Waals surface area contributed by atoms with E-state index in [0.29, 0.717) is 24.7 Å². The average Bonchev–Trinajstić information content (AvgIpc) is 3.42. The lowest BCUT2D eigenvalue weighted by molar-refractivity contribution is 0.103. The van der Waals surface area contributed by atoms with E-state index < -0.39 is 41.0 Å². The molecule has 1 fully saturated rings. The maximum atomic E-state index is 14.8. The largest absolute Gasteiger partial charge is 0.370 e. The number of para-hydroxylation sites is 1. The molecule has 1 unspecified atom stereocenters. The van der Waals surface area contributed by atoms with E-state index in [4.69, 9.17) is 4.74 Å². The van der Waals surface area contributed by atoms with Crippen LogP contribution in [0.3, 0.4) is 0 Å². The van der Waals surface area contributed by atoms with Crippen LogP contribution in [-0.2, 0) is 22.4 Å². The predicted octanol–water partition coefficient (Wildman–Crippen LogP) is 2.94. The molecule has 1 saturated heterocycles. The Balaban J connectivity index is 1.81.